The van der Waals surface area contributed by atoms with E-state index in [-0.39, 0.29) is 0 Å². The Morgan fingerprint density at radius 3 is 1.78 bits per heavy atom. The fraction of sp³-hybridized carbons (Fsp3) is 0.400. The maximum absolute atomic E-state index is 12.8. The molecule has 8 heteroatoms. The first kappa shape index (κ1) is 15.0. The predicted molar refractivity (Wildman–Crippen MR) is 55.8 cm³/mol. The lowest BCUT2D eigenvalue weighted by molar-refractivity contribution is -0.161. The Kier molecular flexibility index (Phi) is 3.57. The van der Waals surface area contributed by atoms with Crippen molar-refractivity contribution in [1.82, 2.24) is 0 Å². The largest absolute Gasteiger partial charge is 0.428 e. The highest BCUT2D eigenvalue weighted by atomic mass is 28.4. The fourth-order valence-electron chi connectivity index (χ4n) is 1.60. The highest BCUT2D eigenvalue weighted by molar-refractivity contribution is 6.83. The van der Waals surface area contributed by atoms with E-state index >= 15 is 0 Å². The van der Waals surface area contributed by atoms with Crippen molar-refractivity contribution in [3.63, 3.8) is 0 Å². The molecule has 1 N–H and O–H groups in total. The van der Waals surface area contributed by atoms with Crippen molar-refractivity contribution in [2.24, 2.45) is 0 Å². The van der Waals surface area contributed by atoms with Gasteiger partial charge in [-0.2, -0.15) is 26.3 Å². The molecule has 1 nitrogen and oxygen atoms in total. The van der Waals surface area contributed by atoms with E-state index in [2.05, 4.69) is 0 Å². The second kappa shape index (κ2) is 4.27. The molecule has 18 heavy (non-hydrogen) atoms. The standard InChI is InChI=1S/C10H10F6OSi/c1-18(2,17)7-5-3-4-6(9(11,12)13)8(7)10(14,15)16/h3-5,17H,1-2H3. The summed E-state index contributed by atoms with van der Waals surface area (Å²) < 4.78 is 76.1. The van der Waals surface area contributed by atoms with Gasteiger partial charge in [0.15, 0.2) is 0 Å². The molecule has 0 fully saturated rings. The molecule has 0 aliphatic heterocycles. The summed E-state index contributed by atoms with van der Waals surface area (Å²) in [5.41, 5.74) is -3.54. The van der Waals surface area contributed by atoms with Crippen molar-refractivity contribution in [2.45, 2.75) is 25.4 Å². The summed E-state index contributed by atoms with van der Waals surface area (Å²) in [5, 5.41) is -0.662. The van der Waals surface area contributed by atoms with Gasteiger partial charge in [0.05, 0.1) is 11.1 Å². The summed E-state index contributed by atoms with van der Waals surface area (Å²) in [6, 6.07) is 2.13. The van der Waals surface area contributed by atoms with Crippen LogP contribution in [0.3, 0.4) is 0 Å². The molecule has 0 unspecified atom stereocenters. The molecule has 0 atom stereocenters. The van der Waals surface area contributed by atoms with Crippen LogP contribution in [0.2, 0.25) is 13.1 Å². The quantitative estimate of drug-likeness (QED) is 0.622. The van der Waals surface area contributed by atoms with Crippen molar-refractivity contribution < 1.29 is 31.1 Å². The number of benzene rings is 1. The van der Waals surface area contributed by atoms with Crippen LogP contribution >= 0.6 is 0 Å². The molecule has 0 radical (unpaired) electrons. The molecule has 0 aliphatic rings. The Morgan fingerprint density at radius 1 is 0.944 bits per heavy atom. The van der Waals surface area contributed by atoms with E-state index in [9.17, 15) is 31.1 Å². The van der Waals surface area contributed by atoms with Crippen LogP contribution in [0.15, 0.2) is 18.2 Å². The van der Waals surface area contributed by atoms with E-state index in [1.165, 1.54) is 0 Å². The lowest BCUT2D eigenvalue weighted by Crippen LogP contribution is -2.46. The second-order valence-electron chi connectivity index (χ2n) is 4.28. The van der Waals surface area contributed by atoms with E-state index in [1.54, 1.807) is 0 Å². The van der Waals surface area contributed by atoms with Gasteiger partial charge in [-0.25, -0.2) is 0 Å². The van der Waals surface area contributed by atoms with E-state index in [4.69, 9.17) is 0 Å². The summed E-state index contributed by atoms with van der Waals surface area (Å²) in [6.07, 6.45) is -10.3. The number of halogens is 6. The van der Waals surface area contributed by atoms with Crippen LogP contribution in [0.4, 0.5) is 26.3 Å². The molecule has 0 aliphatic carbocycles. The van der Waals surface area contributed by atoms with Gasteiger partial charge in [0.1, 0.15) is 0 Å². The monoisotopic (exact) mass is 288 g/mol. The molecule has 0 amide bonds. The molecule has 0 saturated carbocycles. The number of hydrogen-bond donors (Lipinski definition) is 1. The summed E-state index contributed by atoms with van der Waals surface area (Å²) in [5.74, 6) is 0. The Morgan fingerprint density at radius 2 is 1.44 bits per heavy atom. The summed E-state index contributed by atoms with van der Waals surface area (Å²) in [6.45, 7) is 2.27. The van der Waals surface area contributed by atoms with Gasteiger partial charge in [0.25, 0.3) is 0 Å². The first-order valence-electron chi connectivity index (χ1n) is 4.85. The predicted octanol–water partition coefficient (Wildman–Crippen LogP) is 3.13. The van der Waals surface area contributed by atoms with Crippen LogP contribution in [0, 0.1) is 0 Å². The van der Waals surface area contributed by atoms with Crippen LogP contribution in [-0.4, -0.2) is 13.1 Å². The van der Waals surface area contributed by atoms with Crippen LogP contribution < -0.4 is 5.19 Å². The highest BCUT2D eigenvalue weighted by Crippen LogP contribution is 2.39. The van der Waals surface area contributed by atoms with Crippen molar-refractivity contribution in [2.75, 3.05) is 0 Å². The van der Waals surface area contributed by atoms with Crippen LogP contribution in [-0.2, 0) is 12.4 Å². The van der Waals surface area contributed by atoms with Gasteiger partial charge in [0, 0.05) is 0 Å². The minimum atomic E-state index is -5.16. The van der Waals surface area contributed by atoms with E-state index in [0.717, 1.165) is 25.2 Å². The Bertz CT molecular complexity index is 411. The summed E-state index contributed by atoms with van der Waals surface area (Å²) >= 11 is 0. The third-order valence-electron chi connectivity index (χ3n) is 2.31. The maximum Gasteiger partial charge on any atom is 0.417 e. The smallest absolute Gasteiger partial charge is 0.417 e. The van der Waals surface area contributed by atoms with Gasteiger partial charge in [-0.3, -0.25) is 0 Å². The summed E-state index contributed by atoms with van der Waals surface area (Å²) in [4.78, 5) is 9.69. The minimum absolute atomic E-state index is 0.368. The molecule has 0 spiro atoms. The SMILES string of the molecule is C[Si](C)(O)c1cccc(C(F)(F)F)c1C(F)(F)F. The number of rotatable bonds is 1. The third-order valence-corrected chi connectivity index (χ3v) is 4.05. The van der Waals surface area contributed by atoms with E-state index in [1.807, 2.05) is 0 Å². The Balaban J connectivity index is 3.68. The zero-order valence-electron chi connectivity index (χ0n) is 9.45. The zero-order valence-corrected chi connectivity index (χ0v) is 10.4. The second-order valence-corrected chi connectivity index (χ2v) is 7.94. The minimum Gasteiger partial charge on any atom is -0.428 e. The molecule has 1 aromatic rings. The van der Waals surface area contributed by atoms with Gasteiger partial charge in [-0.05, 0) is 24.3 Å². The number of alkyl halides is 6. The molecule has 1 aromatic carbocycles. The molecule has 1 rings (SSSR count). The molecule has 0 heterocycles. The molecule has 0 bridgehead atoms. The normalized spacial score (nSPS) is 13.8. The first-order valence-corrected chi connectivity index (χ1v) is 7.80. The molecule has 0 aromatic heterocycles. The van der Waals surface area contributed by atoms with Crippen molar-refractivity contribution in [1.29, 1.82) is 0 Å². The summed E-state index contributed by atoms with van der Waals surface area (Å²) in [7, 11) is -3.52. The average Bonchev–Trinajstić information content (AvgIpc) is 2.12. The Hall–Kier alpha value is -1.02. The van der Waals surface area contributed by atoms with Gasteiger partial charge in [0.2, 0.25) is 8.32 Å². The van der Waals surface area contributed by atoms with Crippen LogP contribution in [0.25, 0.3) is 0 Å². The fourth-order valence-corrected chi connectivity index (χ4v) is 3.00. The van der Waals surface area contributed by atoms with E-state index < -0.39 is 37.0 Å². The van der Waals surface area contributed by atoms with Gasteiger partial charge >= 0.3 is 12.4 Å². The molecule has 102 valence electrons. The average molecular weight is 288 g/mol. The highest BCUT2D eigenvalue weighted by Gasteiger charge is 2.46. The molecular formula is C10H10F6OSi. The Labute approximate surface area is 100 Å². The maximum atomic E-state index is 12.8. The molecule has 0 saturated heterocycles. The van der Waals surface area contributed by atoms with Crippen molar-refractivity contribution in [3.05, 3.63) is 29.3 Å². The van der Waals surface area contributed by atoms with Gasteiger partial charge < -0.3 is 4.80 Å². The van der Waals surface area contributed by atoms with E-state index in [0.29, 0.717) is 6.07 Å². The third kappa shape index (κ3) is 3.05. The lowest BCUT2D eigenvalue weighted by atomic mass is 10.1. The van der Waals surface area contributed by atoms with Crippen molar-refractivity contribution in [3.8, 4) is 0 Å². The van der Waals surface area contributed by atoms with Crippen molar-refractivity contribution >= 4 is 13.5 Å². The van der Waals surface area contributed by atoms with Gasteiger partial charge in [-0.15, -0.1) is 0 Å². The van der Waals surface area contributed by atoms with Gasteiger partial charge in [-0.1, -0.05) is 12.1 Å². The topological polar surface area (TPSA) is 20.2 Å². The van der Waals surface area contributed by atoms with Crippen LogP contribution in [0.5, 0.6) is 0 Å². The number of hydrogen-bond acceptors (Lipinski definition) is 1. The van der Waals surface area contributed by atoms with Crippen LogP contribution in [0.1, 0.15) is 11.1 Å². The zero-order chi connectivity index (χ0) is 14.4. The first-order chi connectivity index (χ1) is 7.85. The molecular weight excluding hydrogens is 278 g/mol. The lowest BCUT2D eigenvalue weighted by Gasteiger charge is -2.24.